The van der Waals surface area contributed by atoms with Crippen LogP contribution in [-0.4, -0.2) is 17.0 Å². The molecular weight excluding hydrogens is 386 g/mol. The molecule has 0 unspecified atom stereocenters. The van der Waals surface area contributed by atoms with Crippen molar-refractivity contribution in [3.05, 3.63) is 58.7 Å². The van der Waals surface area contributed by atoms with Crippen molar-refractivity contribution in [3.8, 4) is 17.6 Å². The first kappa shape index (κ1) is 23.0. The summed E-state index contributed by atoms with van der Waals surface area (Å²) in [6, 6.07) is 13.5. The second kappa shape index (κ2) is 8.85. The molecule has 3 rings (SSSR count). The summed E-state index contributed by atoms with van der Waals surface area (Å²) in [5, 5.41) is 9.54. The van der Waals surface area contributed by atoms with Crippen molar-refractivity contribution in [3.63, 3.8) is 0 Å². The summed E-state index contributed by atoms with van der Waals surface area (Å²) in [5.41, 5.74) is 2.68. The molecule has 1 heterocycles. The number of hydrogen-bond acceptors (Lipinski definition) is 4. The van der Waals surface area contributed by atoms with Crippen LogP contribution in [0.5, 0.6) is 11.5 Å². The highest BCUT2D eigenvalue weighted by Gasteiger charge is 2.39. The first-order chi connectivity index (χ1) is 14.5. The fourth-order valence-electron chi connectivity index (χ4n) is 4.96. The van der Waals surface area contributed by atoms with E-state index in [1.165, 1.54) is 0 Å². The number of nitriles is 1. The molecule has 4 nitrogen and oxygen atoms in total. The van der Waals surface area contributed by atoms with Gasteiger partial charge in [-0.05, 0) is 95.2 Å². The van der Waals surface area contributed by atoms with E-state index < -0.39 is 0 Å². The summed E-state index contributed by atoms with van der Waals surface area (Å²) in [6.45, 7) is 12.4. The van der Waals surface area contributed by atoms with Gasteiger partial charge in [0.2, 0.25) is 0 Å². The van der Waals surface area contributed by atoms with Gasteiger partial charge in [-0.3, -0.25) is 4.79 Å². The summed E-state index contributed by atoms with van der Waals surface area (Å²) in [7, 11) is 0. The van der Waals surface area contributed by atoms with E-state index >= 15 is 0 Å². The predicted molar refractivity (Wildman–Crippen MR) is 123 cm³/mol. The Morgan fingerprint density at radius 1 is 1.13 bits per heavy atom. The van der Waals surface area contributed by atoms with Gasteiger partial charge in [-0.2, -0.15) is 5.26 Å². The first-order valence-electron chi connectivity index (χ1n) is 11.1. The van der Waals surface area contributed by atoms with Gasteiger partial charge in [0.1, 0.15) is 17.6 Å². The minimum absolute atomic E-state index is 0.152. The highest BCUT2D eigenvalue weighted by atomic mass is 16.5. The number of benzene rings is 2. The highest BCUT2D eigenvalue weighted by Crippen LogP contribution is 2.40. The molecule has 0 bridgehead atoms. The highest BCUT2D eigenvalue weighted by molar-refractivity contribution is 5.96. The van der Waals surface area contributed by atoms with Gasteiger partial charge < -0.3 is 9.47 Å². The number of aryl methyl sites for hydroxylation is 2. The Hall–Kier alpha value is -2.64. The molecule has 0 radical (unpaired) electrons. The monoisotopic (exact) mass is 419 g/mol. The van der Waals surface area contributed by atoms with Crippen LogP contribution in [0.2, 0.25) is 0 Å². The number of ketones is 1. The van der Waals surface area contributed by atoms with Crippen LogP contribution in [0, 0.1) is 24.2 Å². The quantitative estimate of drug-likeness (QED) is 0.484. The molecule has 0 atom stereocenters. The summed E-state index contributed by atoms with van der Waals surface area (Å²) in [4.78, 5) is 13.0. The molecule has 4 heteroatoms. The molecular formula is C27H33NO3. The Kier molecular flexibility index (Phi) is 6.57. The molecule has 1 saturated heterocycles. The fourth-order valence-corrected chi connectivity index (χ4v) is 4.96. The molecule has 0 N–H and O–H groups in total. The maximum absolute atomic E-state index is 13.0. The average Bonchev–Trinajstić information content (AvgIpc) is 2.66. The van der Waals surface area contributed by atoms with E-state index in [4.69, 9.17) is 9.47 Å². The third-order valence-corrected chi connectivity index (χ3v) is 5.91. The number of ether oxygens (including phenoxy) is 2. The Morgan fingerprint density at radius 2 is 1.81 bits per heavy atom. The Bertz CT molecular complexity index is 998. The van der Waals surface area contributed by atoms with Crippen molar-refractivity contribution in [2.24, 2.45) is 5.92 Å². The van der Waals surface area contributed by atoms with E-state index in [1.807, 2.05) is 50.2 Å². The van der Waals surface area contributed by atoms with Crippen LogP contribution in [0.25, 0.3) is 0 Å². The Morgan fingerprint density at radius 3 is 2.39 bits per heavy atom. The zero-order chi connectivity index (χ0) is 22.8. The van der Waals surface area contributed by atoms with Gasteiger partial charge in [-0.25, -0.2) is 0 Å². The molecule has 0 aromatic heterocycles. The normalized spacial score (nSPS) is 17.7. The van der Waals surface area contributed by atoms with Crippen LogP contribution in [0.3, 0.4) is 0 Å². The van der Waals surface area contributed by atoms with E-state index in [1.54, 1.807) is 0 Å². The van der Waals surface area contributed by atoms with Crippen molar-refractivity contribution >= 4 is 5.78 Å². The van der Waals surface area contributed by atoms with Gasteiger partial charge in [-0.15, -0.1) is 0 Å². The summed E-state index contributed by atoms with van der Waals surface area (Å²) >= 11 is 0. The van der Waals surface area contributed by atoms with Crippen molar-refractivity contribution < 1.29 is 14.3 Å². The van der Waals surface area contributed by atoms with Crippen molar-refractivity contribution in [2.45, 2.75) is 78.4 Å². The van der Waals surface area contributed by atoms with Gasteiger partial charge in [-0.1, -0.05) is 19.1 Å². The number of carbonyl (C=O) groups excluding carboxylic acids is 1. The van der Waals surface area contributed by atoms with E-state index in [0.29, 0.717) is 35.0 Å². The predicted octanol–water partition coefficient (Wildman–Crippen LogP) is 6.78. The molecule has 1 fully saturated rings. The van der Waals surface area contributed by atoms with E-state index in [0.717, 1.165) is 30.4 Å². The minimum Gasteiger partial charge on any atom is -0.456 e. The van der Waals surface area contributed by atoms with E-state index in [-0.39, 0.29) is 17.0 Å². The lowest BCUT2D eigenvalue weighted by Gasteiger charge is -2.45. The maximum atomic E-state index is 13.0. The van der Waals surface area contributed by atoms with E-state index in [2.05, 4.69) is 33.8 Å². The lowest BCUT2D eigenvalue weighted by Crippen LogP contribution is -2.45. The Labute approximate surface area is 186 Å². The summed E-state index contributed by atoms with van der Waals surface area (Å²) in [6.07, 6.45) is 3.05. The van der Waals surface area contributed by atoms with Crippen LogP contribution >= 0.6 is 0 Å². The molecule has 0 spiro atoms. The topological polar surface area (TPSA) is 59.3 Å². The van der Waals surface area contributed by atoms with E-state index in [9.17, 15) is 10.1 Å². The Balaban J connectivity index is 1.75. The molecule has 31 heavy (non-hydrogen) atoms. The molecule has 0 saturated carbocycles. The lowest BCUT2D eigenvalue weighted by molar-refractivity contribution is -0.171. The average molecular weight is 420 g/mol. The number of nitrogens with zero attached hydrogens (tertiary/aromatic N) is 1. The lowest BCUT2D eigenvalue weighted by atomic mass is 9.78. The summed E-state index contributed by atoms with van der Waals surface area (Å²) in [5.74, 6) is 1.67. The fraction of sp³-hybridized carbons (Fsp3) is 0.481. The zero-order valence-corrected chi connectivity index (χ0v) is 19.5. The number of Topliss-reactive ketones (excluding diaryl/α,β-unsaturated/α-hetero) is 1. The van der Waals surface area contributed by atoms with Gasteiger partial charge >= 0.3 is 0 Å². The van der Waals surface area contributed by atoms with Crippen LogP contribution in [-0.2, 0) is 11.2 Å². The molecule has 2 aromatic rings. The van der Waals surface area contributed by atoms with Gasteiger partial charge in [0.25, 0.3) is 0 Å². The standard InChI is InChI=1S/C27H33NO3/c1-7-20-9-8-10-25(22(20)17-28)30-24-12-11-21(13-18(24)2)23(29)14-19-15-26(3,4)31-27(5,6)16-19/h8-13,19H,7,14-16H2,1-6H3. The minimum atomic E-state index is -0.216. The molecule has 1 aliphatic rings. The van der Waals surface area contributed by atoms with Crippen LogP contribution in [0.4, 0.5) is 0 Å². The second-order valence-electron chi connectivity index (χ2n) is 9.86. The molecule has 164 valence electrons. The SMILES string of the molecule is CCc1cccc(Oc2ccc(C(=O)CC3CC(C)(C)OC(C)(C)C3)cc2C)c1C#N. The third kappa shape index (κ3) is 5.54. The maximum Gasteiger partial charge on any atom is 0.163 e. The third-order valence-electron chi connectivity index (χ3n) is 5.91. The number of hydrogen-bond donors (Lipinski definition) is 0. The number of carbonyl (C=O) groups is 1. The smallest absolute Gasteiger partial charge is 0.163 e. The van der Waals surface area contributed by atoms with Crippen molar-refractivity contribution in [1.29, 1.82) is 5.26 Å². The van der Waals surface area contributed by atoms with Crippen LogP contribution < -0.4 is 4.74 Å². The van der Waals surface area contributed by atoms with Gasteiger partial charge in [0.15, 0.2) is 5.78 Å². The van der Waals surface area contributed by atoms with Gasteiger partial charge in [0.05, 0.1) is 16.8 Å². The number of rotatable bonds is 6. The van der Waals surface area contributed by atoms with Gasteiger partial charge in [0, 0.05) is 12.0 Å². The summed E-state index contributed by atoms with van der Waals surface area (Å²) < 4.78 is 12.2. The molecule has 2 aromatic carbocycles. The van der Waals surface area contributed by atoms with Crippen LogP contribution in [0.15, 0.2) is 36.4 Å². The van der Waals surface area contributed by atoms with Crippen molar-refractivity contribution in [2.75, 3.05) is 0 Å². The van der Waals surface area contributed by atoms with Crippen molar-refractivity contribution in [1.82, 2.24) is 0 Å². The first-order valence-corrected chi connectivity index (χ1v) is 11.1. The molecule has 1 aliphatic heterocycles. The largest absolute Gasteiger partial charge is 0.456 e. The molecule has 0 aliphatic carbocycles. The molecule has 0 amide bonds. The second-order valence-corrected chi connectivity index (χ2v) is 9.86. The van der Waals surface area contributed by atoms with Crippen LogP contribution in [0.1, 0.15) is 80.9 Å². The zero-order valence-electron chi connectivity index (χ0n) is 19.5.